The molecule has 1 unspecified atom stereocenters. The normalized spacial score (nSPS) is 21.7. The third-order valence-electron chi connectivity index (χ3n) is 6.23. The summed E-state index contributed by atoms with van der Waals surface area (Å²) in [4.78, 5) is 24.3. The highest BCUT2D eigenvalue weighted by atomic mass is 19.3. The Morgan fingerprint density at radius 3 is 2.61 bits per heavy atom. The number of alkyl halides is 2. The molecule has 4 heterocycles. The Bertz CT molecular complexity index is 900. The molecule has 3 fully saturated rings. The maximum absolute atomic E-state index is 13.4. The lowest BCUT2D eigenvalue weighted by atomic mass is 10.2. The maximum atomic E-state index is 13.4. The quantitative estimate of drug-likeness (QED) is 0.692. The van der Waals surface area contributed by atoms with Gasteiger partial charge in [-0.3, -0.25) is 0 Å². The summed E-state index contributed by atoms with van der Waals surface area (Å²) in [6, 6.07) is 3.57. The van der Waals surface area contributed by atoms with Crippen molar-refractivity contribution in [2.75, 3.05) is 61.1 Å². The Kier molecular flexibility index (Phi) is 5.56. The molecule has 8 nitrogen and oxygen atoms in total. The second-order valence-corrected chi connectivity index (χ2v) is 8.40. The summed E-state index contributed by atoms with van der Waals surface area (Å²) in [5, 5.41) is 0. The van der Waals surface area contributed by atoms with E-state index in [0.717, 1.165) is 44.7 Å². The van der Waals surface area contributed by atoms with E-state index >= 15 is 0 Å². The summed E-state index contributed by atoms with van der Waals surface area (Å²) in [6.07, 6.45) is 2.07. The van der Waals surface area contributed by atoms with Crippen LogP contribution in [0.2, 0.25) is 0 Å². The maximum Gasteiger partial charge on any atom is 0.280 e. The Morgan fingerprint density at radius 2 is 1.87 bits per heavy atom. The fourth-order valence-corrected chi connectivity index (χ4v) is 4.17. The van der Waals surface area contributed by atoms with Gasteiger partial charge in [0.1, 0.15) is 23.2 Å². The van der Waals surface area contributed by atoms with Gasteiger partial charge in [0.2, 0.25) is 5.95 Å². The van der Waals surface area contributed by atoms with Crippen molar-refractivity contribution < 1.29 is 13.5 Å². The number of ether oxygens (including phenoxy) is 1. The highest BCUT2D eigenvalue weighted by molar-refractivity contribution is 5.48. The molecule has 2 aliphatic heterocycles. The molecule has 2 aromatic rings. The molecule has 0 aromatic carbocycles. The van der Waals surface area contributed by atoms with Gasteiger partial charge in [0.15, 0.2) is 0 Å². The van der Waals surface area contributed by atoms with Crippen molar-refractivity contribution in [2.45, 2.75) is 37.6 Å². The first kappa shape index (κ1) is 20.3. The molecule has 31 heavy (non-hydrogen) atoms. The summed E-state index contributed by atoms with van der Waals surface area (Å²) < 4.78 is 32.2. The van der Waals surface area contributed by atoms with Crippen LogP contribution in [-0.2, 0) is 4.74 Å². The first-order valence-electron chi connectivity index (χ1n) is 10.9. The van der Waals surface area contributed by atoms with Crippen LogP contribution in [0.25, 0.3) is 0 Å². The molecule has 0 radical (unpaired) electrons. The molecule has 0 amide bonds. The molecule has 0 bridgehead atoms. The van der Waals surface area contributed by atoms with Crippen LogP contribution in [0.4, 0.5) is 26.4 Å². The number of hydrogen-bond acceptors (Lipinski definition) is 8. The average Bonchev–Trinajstić information content (AvgIpc) is 3.55. The highest BCUT2D eigenvalue weighted by Gasteiger charge is 2.32. The Morgan fingerprint density at radius 1 is 1.06 bits per heavy atom. The number of nitrogens with zero attached hydrogens (tertiary/aromatic N) is 7. The number of halogens is 2. The molecule has 5 rings (SSSR count). The van der Waals surface area contributed by atoms with Crippen LogP contribution in [0.1, 0.15) is 43.1 Å². The van der Waals surface area contributed by atoms with Crippen LogP contribution in [0.15, 0.2) is 18.3 Å². The van der Waals surface area contributed by atoms with E-state index in [1.807, 2.05) is 13.1 Å². The van der Waals surface area contributed by atoms with Gasteiger partial charge < -0.3 is 19.4 Å². The first-order valence-corrected chi connectivity index (χ1v) is 10.9. The van der Waals surface area contributed by atoms with Gasteiger partial charge in [0, 0.05) is 57.4 Å². The van der Waals surface area contributed by atoms with Gasteiger partial charge in [-0.05, 0) is 25.3 Å². The number of aromatic nitrogens is 4. The summed E-state index contributed by atoms with van der Waals surface area (Å²) in [5.41, 5.74) is -0.172. The predicted octanol–water partition coefficient (Wildman–Crippen LogP) is 2.63. The zero-order valence-corrected chi connectivity index (χ0v) is 17.6. The third-order valence-corrected chi connectivity index (χ3v) is 6.23. The number of morpholine rings is 1. The van der Waals surface area contributed by atoms with Gasteiger partial charge in [0.05, 0.1) is 13.2 Å². The van der Waals surface area contributed by atoms with Crippen molar-refractivity contribution in [3.8, 4) is 0 Å². The highest BCUT2D eigenvalue weighted by Crippen LogP contribution is 2.39. The Labute approximate surface area is 180 Å². The molecular formula is C21H27F2N7O. The third kappa shape index (κ3) is 4.39. The van der Waals surface area contributed by atoms with E-state index in [4.69, 9.17) is 9.72 Å². The summed E-state index contributed by atoms with van der Waals surface area (Å²) >= 11 is 0. The number of rotatable bonds is 6. The van der Waals surface area contributed by atoms with Crippen molar-refractivity contribution in [3.05, 3.63) is 29.8 Å². The summed E-state index contributed by atoms with van der Waals surface area (Å²) in [6.45, 7) is 4.41. The van der Waals surface area contributed by atoms with Crippen LogP contribution in [0, 0.1) is 0 Å². The van der Waals surface area contributed by atoms with Crippen molar-refractivity contribution in [2.24, 2.45) is 0 Å². The van der Waals surface area contributed by atoms with E-state index in [1.54, 1.807) is 6.20 Å². The molecule has 1 atom stereocenters. The minimum absolute atomic E-state index is 0.172. The van der Waals surface area contributed by atoms with Gasteiger partial charge in [-0.25, -0.2) is 23.7 Å². The van der Waals surface area contributed by atoms with E-state index in [0.29, 0.717) is 37.3 Å². The minimum Gasteiger partial charge on any atom is -0.378 e. The second-order valence-electron chi connectivity index (χ2n) is 8.40. The second kappa shape index (κ2) is 8.49. The molecule has 166 valence electrons. The lowest BCUT2D eigenvalue weighted by molar-refractivity contribution is 0.122. The monoisotopic (exact) mass is 431 g/mol. The van der Waals surface area contributed by atoms with Crippen molar-refractivity contribution in [3.63, 3.8) is 0 Å². The molecule has 10 heteroatoms. The zero-order valence-electron chi connectivity index (χ0n) is 17.6. The fraction of sp³-hybridized carbons (Fsp3) is 0.619. The van der Waals surface area contributed by atoms with Crippen LogP contribution < -0.4 is 14.7 Å². The Hall–Kier alpha value is -2.62. The number of hydrogen-bond donors (Lipinski definition) is 0. The lowest BCUT2D eigenvalue weighted by Gasteiger charge is -2.29. The molecule has 3 aliphatic rings. The standard InChI is InChI=1S/C21H27F2N7O/c1-28(17-4-6-24-21(27-17)29-8-10-31-11-9-29)15-5-7-30(13-15)18-12-16(19(22)23)25-20(26-18)14-2-3-14/h4,6,12,14-15,19H,2-3,5,7-11,13H2,1H3. The van der Waals surface area contributed by atoms with Crippen LogP contribution in [0.3, 0.4) is 0 Å². The van der Waals surface area contributed by atoms with Crippen molar-refractivity contribution in [1.29, 1.82) is 0 Å². The van der Waals surface area contributed by atoms with E-state index in [1.165, 1.54) is 6.07 Å². The summed E-state index contributed by atoms with van der Waals surface area (Å²) in [5.74, 6) is 2.99. The Balaban J connectivity index is 1.30. The van der Waals surface area contributed by atoms with Gasteiger partial charge >= 0.3 is 0 Å². The van der Waals surface area contributed by atoms with E-state index in [-0.39, 0.29) is 17.7 Å². The van der Waals surface area contributed by atoms with E-state index in [9.17, 15) is 8.78 Å². The molecule has 1 saturated carbocycles. The van der Waals surface area contributed by atoms with Crippen LogP contribution >= 0.6 is 0 Å². The van der Waals surface area contributed by atoms with E-state index < -0.39 is 6.43 Å². The van der Waals surface area contributed by atoms with Gasteiger partial charge in [-0.15, -0.1) is 0 Å². The SMILES string of the molecule is CN(c1ccnc(N2CCOCC2)n1)C1CCN(c2cc(C(F)F)nc(C3CC3)n2)C1. The van der Waals surface area contributed by atoms with Crippen molar-refractivity contribution in [1.82, 2.24) is 19.9 Å². The van der Waals surface area contributed by atoms with Crippen LogP contribution in [0.5, 0.6) is 0 Å². The predicted molar refractivity (Wildman–Crippen MR) is 113 cm³/mol. The smallest absolute Gasteiger partial charge is 0.280 e. The molecule has 0 spiro atoms. The number of likely N-dealkylation sites (N-methyl/N-ethyl adjacent to an activating group) is 1. The largest absolute Gasteiger partial charge is 0.378 e. The van der Waals surface area contributed by atoms with Gasteiger partial charge in [-0.1, -0.05) is 0 Å². The lowest BCUT2D eigenvalue weighted by Crippen LogP contribution is -2.38. The first-order chi connectivity index (χ1) is 15.1. The average molecular weight is 431 g/mol. The number of anilines is 3. The zero-order chi connectivity index (χ0) is 21.4. The molecule has 1 aliphatic carbocycles. The minimum atomic E-state index is -2.58. The van der Waals surface area contributed by atoms with Crippen molar-refractivity contribution >= 4 is 17.6 Å². The van der Waals surface area contributed by atoms with E-state index in [2.05, 4.69) is 29.7 Å². The molecule has 2 aromatic heterocycles. The fourth-order valence-electron chi connectivity index (χ4n) is 4.17. The molecule has 0 N–H and O–H groups in total. The van der Waals surface area contributed by atoms with Crippen LogP contribution in [-0.4, -0.2) is 72.4 Å². The summed E-state index contributed by atoms with van der Waals surface area (Å²) in [7, 11) is 2.03. The topological polar surface area (TPSA) is 70.5 Å². The van der Waals surface area contributed by atoms with Gasteiger partial charge in [0.25, 0.3) is 6.43 Å². The molecular weight excluding hydrogens is 404 g/mol. The molecule has 2 saturated heterocycles. The van der Waals surface area contributed by atoms with Gasteiger partial charge in [-0.2, -0.15) is 4.98 Å².